The molecule has 2 amide bonds. The van der Waals surface area contributed by atoms with Crippen molar-refractivity contribution in [1.82, 2.24) is 10.6 Å². The highest BCUT2D eigenvalue weighted by Crippen LogP contribution is 2.30. The van der Waals surface area contributed by atoms with Gasteiger partial charge in [0.1, 0.15) is 0 Å². The Bertz CT molecular complexity index is 148. The molecule has 0 heterocycles. The molecule has 64 valence electrons. The van der Waals surface area contributed by atoms with E-state index in [-0.39, 0.29) is 11.6 Å². The first kappa shape index (κ1) is 8.33. The van der Waals surface area contributed by atoms with Gasteiger partial charge >= 0.3 is 6.03 Å². The maximum Gasteiger partial charge on any atom is 0.315 e. The molecule has 1 aliphatic rings. The van der Waals surface area contributed by atoms with Crippen molar-refractivity contribution >= 4 is 6.03 Å². The molecule has 0 aliphatic heterocycles. The average molecular weight is 157 g/mol. The first-order valence-electron chi connectivity index (χ1n) is 3.92. The van der Waals surface area contributed by atoms with Crippen LogP contribution in [0.5, 0.6) is 0 Å². The van der Waals surface area contributed by atoms with Gasteiger partial charge in [-0.25, -0.2) is 4.79 Å². The fourth-order valence-electron chi connectivity index (χ4n) is 1.29. The standard InChI is InChI=1S/C7H15N3O/c1-9-6(11)10-7(5-8)3-2-4-7/h2-5,8H2,1H3,(H2,9,10,11). The minimum atomic E-state index is -0.129. The van der Waals surface area contributed by atoms with Crippen molar-refractivity contribution in [3.8, 4) is 0 Å². The molecule has 4 heteroatoms. The van der Waals surface area contributed by atoms with E-state index in [4.69, 9.17) is 5.73 Å². The zero-order valence-electron chi connectivity index (χ0n) is 6.81. The zero-order valence-corrected chi connectivity index (χ0v) is 6.81. The Morgan fingerprint density at radius 3 is 2.55 bits per heavy atom. The molecule has 0 unspecified atom stereocenters. The molecule has 0 radical (unpaired) electrons. The summed E-state index contributed by atoms with van der Waals surface area (Å²) in [6.45, 7) is 0.542. The molecule has 1 fully saturated rings. The van der Waals surface area contributed by atoms with Crippen LogP contribution in [0.15, 0.2) is 0 Å². The molecule has 1 aliphatic carbocycles. The number of nitrogens with two attached hydrogens (primary N) is 1. The Labute approximate surface area is 66.5 Å². The number of nitrogens with one attached hydrogen (secondary N) is 2. The smallest absolute Gasteiger partial charge is 0.315 e. The van der Waals surface area contributed by atoms with Gasteiger partial charge in [0.15, 0.2) is 0 Å². The molecule has 4 N–H and O–H groups in total. The summed E-state index contributed by atoms with van der Waals surface area (Å²) in [6.07, 6.45) is 3.19. The molecular weight excluding hydrogens is 142 g/mol. The number of carbonyl (C=O) groups is 1. The molecule has 0 aromatic rings. The first-order valence-corrected chi connectivity index (χ1v) is 3.92. The van der Waals surface area contributed by atoms with Gasteiger partial charge in [0.05, 0.1) is 5.54 Å². The van der Waals surface area contributed by atoms with Gasteiger partial charge < -0.3 is 16.4 Å². The van der Waals surface area contributed by atoms with Crippen molar-refractivity contribution < 1.29 is 4.79 Å². The van der Waals surface area contributed by atoms with Crippen LogP contribution in [0.25, 0.3) is 0 Å². The first-order chi connectivity index (χ1) is 5.22. The Hall–Kier alpha value is -0.770. The summed E-state index contributed by atoms with van der Waals surface area (Å²) < 4.78 is 0. The lowest BCUT2D eigenvalue weighted by Gasteiger charge is -2.41. The van der Waals surface area contributed by atoms with Crippen LogP contribution in [0.4, 0.5) is 4.79 Å². The highest BCUT2D eigenvalue weighted by molar-refractivity contribution is 5.74. The molecule has 0 bridgehead atoms. The van der Waals surface area contributed by atoms with Crippen molar-refractivity contribution in [3.63, 3.8) is 0 Å². The minimum Gasteiger partial charge on any atom is -0.341 e. The van der Waals surface area contributed by atoms with E-state index in [1.54, 1.807) is 7.05 Å². The fourth-order valence-corrected chi connectivity index (χ4v) is 1.29. The van der Waals surface area contributed by atoms with Crippen LogP contribution < -0.4 is 16.4 Å². The Kier molecular flexibility index (Phi) is 2.34. The lowest BCUT2D eigenvalue weighted by molar-refractivity contribution is 0.184. The summed E-state index contributed by atoms with van der Waals surface area (Å²) in [6, 6.07) is -0.129. The maximum atomic E-state index is 10.9. The SMILES string of the molecule is CNC(=O)NC1(CN)CCC1. The van der Waals surface area contributed by atoms with E-state index >= 15 is 0 Å². The summed E-state index contributed by atoms with van der Waals surface area (Å²) >= 11 is 0. The molecule has 0 spiro atoms. The number of amides is 2. The quantitative estimate of drug-likeness (QED) is 0.519. The molecule has 0 atom stereocenters. The molecular formula is C7H15N3O. The van der Waals surface area contributed by atoms with Gasteiger partial charge in [0.25, 0.3) is 0 Å². The zero-order chi connectivity index (χ0) is 8.32. The number of hydrogen-bond donors (Lipinski definition) is 3. The van der Waals surface area contributed by atoms with Gasteiger partial charge in [-0.05, 0) is 19.3 Å². The Balaban J connectivity index is 2.38. The third-order valence-corrected chi connectivity index (χ3v) is 2.31. The number of hydrogen-bond acceptors (Lipinski definition) is 2. The van der Waals surface area contributed by atoms with Crippen molar-refractivity contribution in [2.45, 2.75) is 24.8 Å². The molecule has 11 heavy (non-hydrogen) atoms. The topological polar surface area (TPSA) is 67.2 Å². The average Bonchev–Trinajstić information content (AvgIpc) is 1.96. The third-order valence-electron chi connectivity index (χ3n) is 2.31. The van der Waals surface area contributed by atoms with Gasteiger partial charge in [0, 0.05) is 13.6 Å². The van der Waals surface area contributed by atoms with Gasteiger partial charge in [0.2, 0.25) is 0 Å². The van der Waals surface area contributed by atoms with Crippen molar-refractivity contribution in [2.24, 2.45) is 5.73 Å². The van der Waals surface area contributed by atoms with Crippen LogP contribution in [0.2, 0.25) is 0 Å². The van der Waals surface area contributed by atoms with E-state index in [1.165, 1.54) is 6.42 Å². The number of urea groups is 1. The lowest BCUT2D eigenvalue weighted by Crippen LogP contribution is -2.59. The summed E-state index contributed by atoms with van der Waals surface area (Å²) in [7, 11) is 1.61. The summed E-state index contributed by atoms with van der Waals surface area (Å²) in [5.74, 6) is 0. The van der Waals surface area contributed by atoms with Gasteiger partial charge in [-0.2, -0.15) is 0 Å². The van der Waals surface area contributed by atoms with E-state index < -0.39 is 0 Å². The predicted octanol–water partition coefficient (Wildman–Crippen LogP) is -0.203. The summed E-state index contributed by atoms with van der Waals surface area (Å²) in [5.41, 5.74) is 5.43. The van der Waals surface area contributed by atoms with Crippen LogP contribution in [-0.2, 0) is 0 Å². The number of carbonyl (C=O) groups excluding carboxylic acids is 1. The highest BCUT2D eigenvalue weighted by atomic mass is 16.2. The Morgan fingerprint density at radius 1 is 1.64 bits per heavy atom. The molecule has 1 rings (SSSR count). The van der Waals surface area contributed by atoms with Crippen LogP contribution in [0.1, 0.15) is 19.3 Å². The van der Waals surface area contributed by atoms with Crippen LogP contribution in [0.3, 0.4) is 0 Å². The van der Waals surface area contributed by atoms with E-state index in [2.05, 4.69) is 10.6 Å². The van der Waals surface area contributed by atoms with Crippen LogP contribution in [-0.4, -0.2) is 25.2 Å². The minimum absolute atomic E-state index is 0.0971. The lowest BCUT2D eigenvalue weighted by atomic mass is 9.77. The van der Waals surface area contributed by atoms with Crippen molar-refractivity contribution in [1.29, 1.82) is 0 Å². The summed E-state index contributed by atoms with van der Waals surface area (Å²) in [5, 5.41) is 5.37. The van der Waals surface area contributed by atoms with Crippen LogP contribution in [0, 0.1) is 0 Å². The highest BCUT2D eigenvalue weighted by Gasteiger charge is 2.36. The second-order valence-electron chi connectivity index (χ2n) is 3.04. The van der Waals surface area contributed by atoms with E-state index in [1.807, 2.05) is 0 Å². The van der Waals surface area contributed by atoms with Crippen molar-refractivity contribution in [3.05, 3.63) is 0 Å². The largest absolute Gasteiger partial charge is 0.341 e. The second-order valence-corrected chi connectivity index (χ2v) is 3.04. The predicted molar refractivity (Wildman–Crippen MR) is 43.2 cm³/mol. The normalized spacial score (nSPS) is 20.2. The second kappa shape index (κ2) is 3.09. The van der Waals surface area contributed by atoms with E-state index in [0.717, 1.165) is 12.8 Å². The van der Waals surface area contributed by atoms with Gasteiger partial charge in [-0.3, -0.25) is 0 Å². The monoisotopic (exact) mass is 157 g/mol. The molecule has 0 aromatic heterocycles. The van der Waals surface area contributed by atoms with E-state index in [0.29, 0.717) is 6.54 Å². The van der Waals surface area contributed by atoms with Crippen LogP contribution >= 0.6 is 0 Å². The van der Waals surface area contributed by atoms with Gasteiger partial charge in [-0.1, -0.05) is 0 Å². The molecule has 1 saturated carbocycles. The van der Waals surface area contributed by atoms with Gasteiger partial charge in [-0.15, -0.1) is 0 Å². The molecule has 0 saturated heterocycles. The number of rotatable bonds is 2. The van der Waals surface area contributed by atoms with E-state index in [9.17, 15) is 4.79 Å². The fraction of sp³-hybridized carbons (Fsp3) is 0.857. The summed E-state index contributed by atoms with van der Waals surface area (Å²) in [4.78, 5) is 10.9. The molecule has 4 nitrogen and oxygen atoms in total. The Morgan fingerprint density at radius 2 is 2.27 bits per heavy atom. The third kappa shape index (κ3) is 1.63. The molecule has 0 aromatic carbocycles. The maximum absolute atomic E-state index is 10.9. The van der Waals surface area contributed by atoms with Crippen molar-refractivity contribution in [2.75, 3.05) is 13.6 Å².